The first-order valence-corrected chi connectivity index (χ1v) is 8.87. The largest absolute Gasteiger partial charge is 0.452 e. The minimum Gasteiger partial charge on any atom is -0.452 e. The van der Waals surface area contributed by atoms with E-state index < -0.39 is 4.93 Å². The minimum absolute atomic E-state index is 0.0509. The molecule has 1 aromatic carbocycles. The first-order valence-electron chi connectivity index (χ1n) is 7.89. The summed E-state index contributed by atoms with van der Waals surface area (Å²) >= 11 is 1.45. The SMILES string of the molecule is CCCCSC1(c2ccc(C)cc2)OC(N)=C(C#N)C1=C(C#N)C#N. The van der Waals surface area contributed by atoms with E-state index in [9.17, 15) is 15.8 Å². The molecule has 0 aliphatic carbocycles. The van der Waals surface area contributed by atoms with Crippen molar-refractivity contribution >= 4 is 11.8 Å². The number of rotatable bonds is 5. The molecule has 1 aliphatic rings. The van der Waals surface area contributed by atoms with Gasteiger partial charge in [0, 0.05) is 5.56 Å². The van der Waals surface area contributed by atoms with Crippen molar-refractivity contribution in [3.63, 3.8) is 0 Å². The van der Waals surface area contributed by atoms with Crippen molar-refractivity contribution in [3.8, 4) is 18.2 Å². The van der Waals surface area contributed by atoms with Gasteiger partial charge in [-0.15, -0.1) is 11.8 Å². The van der Waals surface area contributed by atoms with Crippen LogP contribution in [0.15, 0.2) is 46.9 Å². The Hall–Kier alpha value is -2.88. The Kier molecular flexibility index (Phi) is 5.75. The molecule has 1 aliphatic heterocycles. The number of hydrogen-bond donors (Lipinski definition) is 1. The molecular formula is C19H18N4OS. The van der Waals surface area contributed by atoms with Gasteiger partial charge in [0.15, 0.2) is 0 Å². The third-order valence-corrected chi connectivity index (χ3v) is 5.32. The zero-order valence-corrected chi connectivity index (χ0v) is 15.0. The van der Waals surface area contributed by atoms with Crippen LogP contribution >= 0.6 is 11.8 Å². The second-order valence-electron chi connectivity index (χ2n) is 5.61. The summed E-state index contributed by atoms with van der Waals surface area (Å²) in [5, 5.41) is 28.3. The molecule has 0 bridgehead atoms. The number of nitriles is 3. The summed E-state index contributed by atoms with van der Waals surface area (Å²) in [6, 6.07) is 13.4. The molecule has 1 heterocycles. The lowest BCUT2D eigenvalue weighted by atomic mass is 9.92. The van der Waals surface area contributed by atoms with Crippen molar-refractivity contribution in [2.24, 2.45) is 5.73 Å². The molecule has 25 heavy (non-hydrogen) atoms. The molecule has 1 aromatic rings. The quantitative estimate of drug-likeness (QED) is 0.640. The number of benzene rings is 1. The van der Waals surface area contributed by atoms with Crippen LogP contribution in [0.1, 0.15) is 30.9 Å². The summed E-state index contributed by atoms with van der Waals surface area (Å²) in [6.45, 7) is 4.05. The highest BCUT2D eigenvalue weighted by Crippen LogP contribution is 2.53. The topological polar surface area (TPSA) is 107 Å². The Morgan fingerprint density at radius 1 is 1.20 bits per heavy atom. The van der Waals surface area contributed by atoms with Crippen LogP contribution in [0.2, 0.25) is 0 Å². The van der Waals surface area contributed by atoms with E-state index in [0.717, 1.165) is 29.7 Å². The average Bonchev–Trinajstić information content (AvgIpc) is 2.90. The third kappa shape index (κ3) is 3.33. The summed E-state index contributed by atoms with van der Waals surface area (Å²) < 4.78 is 5.96. The summed E-state index contributed by atoms with van der Waals surface area (Å²) in [6.07, 6.45) is 1.93. The maximum Gasteiger partial charge on any atom is 0.211 e. The van der Waals surface area contributed by atoms with Crippen LogP contribution < -0.4 is 5.73 Å². The van der Waals surface area contributed by atoms with E-state index in [1.54, 1.807) is 0 Å². The van der Waals surface area contributed by atoms with Crippen molar-refractivity contribution < 1.29 is 4.74 Å². The summed E-state index contributed by atoms with van der Waals surface area (Å²) in [5.41, 5.74) is 7.93. The molecule has 126 valence electrons. The number of hydrogen-bond acceptors (Lipinski definition) is 6. The molecule has 1 unspecified atom stereocenters. The first-order chi connectivity index (χ1) is 12.0. The Labute approximate surface area is 152 Å². The monoisotopic (exact) mass is 350 g/mol. The predicted octanol–water partition coefficient (Wildman–Crippen LogP) is 3.75. The third-order valence-electron chi connectivity index (χ3n) is 3.90. The van der Waals surface area contributed by atoms with Gasteiger partial charge in [0.05, 0.1) is 5.57 Å². The van der Waals surface area contributed by atoms with Crippen LogP contribution in [0.5, 0.6) is 0 Å². The number of nitrogens with two attached hydrogens (primary N) is 1. The predicted molar refractivity (Wildman–Crippen MR) is 96.4 cm³/mol. The fourth-order valence-corrected chi connectivity index (χ4v) is 4.12. The van der Waals surface area contributed by atoms with Gasteiger partial charge >= 0.3 is 0 Å². The number of allylic oxidation sites excluding steroid dienone is 1. The van der Waals surface area contributed by atoms with E-state index in [0.29, 0.717) is 0 Å². The molecule has 0 fully saturated rings. The lowest BCUT2D eigenvalue weighted by Gasteiger charge is -2.31. The van der Waals surface area contributed by atoms with Crippen molar-refractivity contribution in [3.05, 3.63) is 58.0 Å². The molecule has 5 nitrogen and oxygen atoms in total. The molecular weight excluding hydrogens is 332 g/mol. The summed E-state index contributed by atoms with van der Waals surface area (Å²) in [5.74, 6) is 0.689. The highest BCUT2D eigenvalue weighted by molar-refractivity contribution is 8.00. The van der Waals surface area contributed by atoms with E-state index in [4.69, 9.17) is 10.5 Å². The highest BCUT2D eigenvalue weighted by atomic mass is 32.2. The number of aryl methyl sites for hydroxylation is 1. The minimum atomic E-state index is -1.15. The molecule has 0 amide bonds. The van der Waals surface area contributed by atoms with E-state index in [-0.39, 0.29) is 22.6 Å². The highest BCUT2D eigenvalue weighted by Gasteiger charge is 2.49. The van der Waals surface area contributed by atoms with Crippen molar-refractivity contribution in [2.45, 2.75) is 31.6 Å². The second kappa shape index (κ2) is 7.79. The molecule has 0 radical (unpaired) electrons. The lowest BCUT2D eigenvalue weighted by molar-refractivity contribution is 0.134. The number of nitrogens with zero attached hydrogens (tertiary/aromatic N) is 3. The summed E-state index contributed by atoms with van der Waals surface area (Å²) in [4.78, 5) is -1.15. The van der Waals surface area contributed by atoms with Gasteiger partial charge in [-0.1, -0.05) is 43.2 Å². The van der Waals surface area contributed by atoms with Crippen molar-refractivity contribution in [1.82, 2.24) is 0 Å². The van der Waals surface area contributed by atoms with Crippen LogP contribution in [0, 0.1) is 40.9 Å². The second-order valence-corrected chi connectivity index (χ2v) is 6.88. The number of thioether (sulfide) groups is 1. The molecule has 2 rings (SSSR count). The van der Waals surface area contributed by atoms with Gasteiger partial charge in [0.1, 0.15) is 29.4 Å². The molecule has 6 heteroatoms. The van der Waals surface area contributed by atoms with Crippen LogP contribution in [0.25, 0.3) is 0 Å². The van der Waals surface area contributed by atoms with Gasteiger partial charge in [-0.25, -0.2) is 0 Å². The fourth-order valence-electron chi connectivity index (χ4n) is 2.60. The van der Waals surface area contributed by atoms with Gasteiger partial charge < -0.3 is 10.5 Å². The standard InChI is InChI=1S/C19H18N4OS/c1-3-4-9-25-19(15-7-5-13(2)6-8-15)17(14(10-20)11-21)16(12-22)18(23)24-19/h5-8H,3-4,9,23H2,1-2H3. The van der Waals surface area contributed by atoms with Crippen molar-refractivity contribution in [2.75, 3.05) is 5.75 Å². The zero-order valence-electron chi connectivity index (χ0n) is 14.2. The molecule has 2 N–H and O–H groups in total. The van der Waals surface area contributed by atoms with Gasteiger partial charge in [-0.2, -0.15) is 15.8 Å². The molecule has 0 aromatic heterocycles. The Morgan fingerprint density at radius 2 is 1.84 bits per heavy atom. The normalized spacial score (nSPS) is 18.9. The van der Waals surface area contributed by atoms with Crippen molar-refractivity contribution in [1.29, 1.82) is 15.8 Å². The number of unbranched alkanes of at least 4 members (excludes halogenated alkanes) is 1. The van der Waals surface area contributed by atoms with Crippen LogP contribution in [-0.2, 0) is 9.67 Å². The lowest BCUT2D eigenvalue weighted by Crippen LogP contribution is -2.26. The van der Waals surface area contributed by atoms with E-state index in [2.05, 4.69) is 6.92 Å². The van der Waals surface area contributed by atoms with Crippen LogP contribution in [0.3, 0.4) is 0 Å². The summed E-state index contributed by atoms with van der Waals surface area (Å²) in [7, 11) is 0. The Balaban J connectivity index is 2.72. The van der Waals surface area contributed by atoms with E-state index >= 15 is 0 Å². The maximum atomic E-state index is 9.51. The van der Waals surface area contributed by atoms with Gasteiger partial charge in [0.2, 0.25) is 10.8 Å². The van der Waals surface area contributed by atoms with Crippen LogP contribution in [-0.4, -0.2) is 5.75 Å². The molecule has 0 spiro atoms. The van der Waals surface area contributed by atoms with E-state index in [1.807, 2.05) is 49.4 Å². The van der Waals surface area contributed by atoms with Gasteiger partial charge in [-0.05, 0) is 19.1 Å². The smallest absolute Gasteiger partial charge is 0.211 e. The van der Waals surface area contributed by atoms with Crippen LogP contribution in [0.4, 0.5) is 0 Å². The Bertz CT molecular complexity index is 833. The molecule has 0 saturated heterocycles. The average molecular weight is 350 g/mol. The van der Waals surface area contributed by atoms with Gasteiger partial charge in [0.25, 0.3) is 0 Å². The first kappa shape index (κ1) is 18.5. The molecule has 0 saturated carbocycles. The maximum absolute atomic E-state index is 9.51. The van der Waals surface area contributed by atoms with E-state index in [1.165, 1.54) is 11.8 Å². The molecule has 1 atom stereocenters. The van der Waals surface area contributed by atoms with Gasteiger partial charge in [-0.3, -0.25) is 0 Å². The zero-order chi connectivity index (χ0) is 18.4. The Morgan fingerprint density at radius 3 is 2.36 bits per heavy atom. The number of ether oxygens (including phenoxy) is 1. The fraction of sp³-hybridized carbons (Fsp3) is 0.316.